The van der Waals surface area contributed by atoms with Gasteiger partial charge in [0.05, 0.1) is 11.5 Å². The van der Waals surface area contributed by atoms with Gasteiger partial charge < -0.3 is 5.11 Å². The molecular formula is C11H17NO3S. The number of hydrogen-bond acceptors (Lipinski definition) is 3. The van der Waals surface area contributed by atoms with Gasteiger partial charge in [-0.3, -0.25) is 0 Å². The number of aliphatic hydroxyl groups is 1. The predicted molar refractivity (Wildman–Crippen MR) is 62.7 cm³/mol. The van der Waals surface area contributed by atoms with E-state index in [0.29, 0.717) is 6.54 Å². The summed E-state index contributed by atoms with van der Waals surface area (Å²) >= 11 is 0. The summed E-state index contributed by atoms with van der Waals surface area (Å²) in [5.74, 6) is 0. The molecule has 16 heavy (non-hydrogen) atoms. The largest absolute Gasteiger partial charge is 0.395 e. The first-order chi connectivity index (χ1) is 7.52. The summed E-state index contributed by atoms with van der Waals surface area (Å²) in [5.41, 5.74) is 1.02. The van der Waals surface area contributed by atoms with Crippen LogP contribution in [0, 0.1) is 6.92 Å². The maximum Gasteiger partial charge on any atom is 0.243 e. The average molecular weight is 243 g/mol. The second-order valence-corrected chi connectivity index (χ2v) is 5.47. The molecule has 0 unspecified atom stereocenters. The van der Waals surface area contributed by atoms with Crippen LogP contribution in [0.2, 0.25) is 0 Å². The van der Waals surface area contributed by atoms with E-state index in [0.717, 1.165) is 5.56 Å². The highest BCUT2D eigenvalue weighted by Gasteiger charge is 2.21. The Labute approximate surface area is 96.6 Å². The van der Waals surface area contributed by atoms with E-state index in [1.807, 2.05) is 6.92 Å². The maximum absolute atomic E-state index is 12.1. The Morgan fingerprint density at radius 2 is 1.81 bits per heavy atom. The van der Waals surface area contributed by atoms with Gasteiger partial charge >= 0.3 is 0 Å². The summed E-state index contributed by atoms with van der Waals surface area (Å²) in [6.45, 7) is 3.98. The second kappa shape index (κ2) is 5.43. The number of sulfonamides is 1. The van der Waals surface area contributed by atoms with Crippen LogP contribution in [-0.4, -0.2) is 37.5 Å². The fourth-order valence-electron chi connectivity index (χ4n) is 1.42. The zero-order chi connectivity index (χ0) is 12.2. The first-order valence-corrected chi connectivity index (χ1v) is 6.64. The van der Waals surface area contributed by atoms with Crippen LogP contribution in [0.3, 0.4) is 0 Å². The third-order valence-electron chi connectivity index (χ3n) is 2.36. The van der Waals surface area contributed by atoms with E-state index in [1.165, 1.54) is 4.31 Å². The molecule has 90 valence electrons. The van der Waals surface area contributed by atoms with Crippen LogP contribution in [0.4, 0.5) is 0 Å². The number of likely N-dealkylation sites (N-methyl/N-ethyl adjacent to an activating group) is 1. The van der Waals surface area contributed by atoms with Crippen molar-refractivity contribution in [3.05, 3.63) is 29.8 Å². The summed E-state index contributed by atoms with van der Waals surface area (Å²) in [6, 6.07) is 6.70. The molecule has 1 N–H and O–H groups in total. The molecular weight excluding hydrogens is 226 g/mol. The molecule has 0 atom stereocenters. The summed E-state index contributed by atoms with van der Waals surface area (Å²) in [7, 11) is -3.46. The number of rotatable bonds is 5. The Balaban J connectivity index is 3.04. The molecule has 0 spiro atoms. The zero-order valence-corrected chi connectivity index (χ0v) is 10.4. The first-order valence-electron chi connectivity index (χ1n) is 5.20. The summed E-state index contributed by atoms with van der Waals surface area (Å²) < 4.78 is 25.4. The van der Waals surface area contributed by atoms with E-state index < -0.39 is 10.0 Å². The second-order valence-electron chi connectivity index (χ2n) is 3.53. The van der Waals surface area contributed by atoms with Gasteiger partial charge in [-0.2, -0.15) is 4.31 Å². The third-order valence-corrected chi connectivity index (χ3v) is 4.35. The summed E-state index contributed by atoms with van der Waals surface area (Å²) in [5, 5.41) is 8.82. The van der Waals surface area contributed by atoms with Gasteiger partial charge in [-0.25, -0.2) is 8.42 Å². The number of nitrogens with zero attached hydrogens (tertiary/aromatic N) is 1. The van der Waals surface area contributed by atoms with E-state index in [4.69, 9.17) is 5.11 Å². The lowest BCUT2D eigenvalue weighted by molar-refractivity contribution is 0.257. The highest BCUT2D eigenvalue weighted by Crippen LogP contribution is 2.15. The van der Waals surface area contributed by atoms with Crippen molar-refractivity contribution in [1.29, 1.82) is 0 Å². The fraction of sp³-hybridized carbons (Fsp3) is 0.455. The molecule has 1 aromatic rings. The lowest BCUT2D eigenvalue weighted by atomic mass is 10.2. The molecule has 5 heteroatoms. The number of hydrogen-bond donors (Lipinski definition) is 1. The highest BCUT2D eigenvalue weighted by molar-refractivity contribution is 7.89. The van der Waals surface area contributed by atoms with Crippen LogP contribution in [0.1, 0.15) is 12.5 Å². The molecule has 0 amide bonds. The SMILES string of the molecule is CCN(CCO)S(=O)(=O)c1ccc(C)cc1. The minimum absolute atomic E-state index is 0.132. The minimum atomic E-state index is -3.46. The van der Waals surface area contributed by atoms with Gasteiger partial charge in [-0.15, -0.1) is 0 Å². The van der Waals surface area contributed by atoms with Crippen molar-refractivity contribution in [2.45, 2.75) is 18.7 Å². The Bertz CT molecular complexity index is 425. The van der Waals surface area contributed by atoms with Gasteiger partial charge in [-0.05, 0) is 19.1 Å². The number of aliphatic hydroxyl groups excluding tert-OH is 1. The topological polar surface area (TPSA) is 57.6 Å². The zero-order valence-electron chi connectivity index (χ0n) is 9.55. The van der Waals surface area contributed by atoms with Crippen LogP contribution < -0.4 is 0 Å². The molecule has 0 bridgehead atoms. The van der Waals surface area contributed by atoms with Gasteiger partial charge in [0.15, 0.2) is 0 Å². The molecule has 1 rings (SSSR count). The molecule has 4 nitrogen and oxygen atoms in total. The van der Waals surface area contributed by atoms with Crippen molar-refractivity contribution in [1.82, 2.24) is 4.31 Å². The van der Waals surface area contributed by atoms with Crippen molar-refractivity contribution >= 4 is 10.0 Å². The van der Waals surface area contributed by atoms with E-state index in [1.54, 1.807) is 31.2 Å². The monoisotopic (exact) mass is 243 g/mol. The van der Waals surface area contributed by atoms with E-state index >= 15 is 0 Å². The maximum atomic E-state index is 12.1. The smallest absolute Gasteiger partial charge is 0.243 e. The van der Waals surface area contributed by atoms with Crippen molar-refractivity contribution in [2.75, 3.05) is 19.7 Å². The van der Waals surface area contributed by atoms with Crippen LogP contribution in [0.15, 0.2) is 29.2 Å². The van der Waals surface area contributed by atoms with Crippen molar-refractivity contribution < 1.29 is 13.5 Å². The van der Waals surface area contributed by atoms with Crippen LogP contribution in [0.25, 0.3) is 0 Å². The molecule has 0 aromatic heterocycles. The summed E-state index contributed by atoms with van der Waals surface area (Å²) in [6.07, 6.45) is 0. The van der Waals surface area contributed by atoms with Crippen LogP contribution in [0.5, 0.6) is 0 Å². The molecule has 0 saturated heterocycles. The van der Waals surface area contributed by atoms with Crippen molar-refractivity contribution in [2.24, 2.45) is 0 Å². The lowest BCUT2D eigenvalue weighted by Gasteiger charge is -2.19. The predicted octanol–water partition coefficient (Wildman–Crippen LogP) is 0.998. The van der Waals surface area contributed by atoms with Gasteiger partial charge in [-0.1, -0.05) is 24.6 Å². The van der Waals surface area contributed by atoms with Gasteiger partial charge in [0.25, 0.3) is 0 Å². The molecule has 0 radical (unpaired) electrons. The Hall–Kier alpha value is -0.910. The van der Waals surface area contributed by atoms with Crippen molar-refractivity contribution in [3.8, 4) is 0 Å². The number of benzene rings is 1. The minimum Gasteiger partial charge on any atom is -0.395 e. The van der Waals surface area contributed by atoms with Crippen molar-refractivity contribution in [3.63, 3.8) is 0 Å². The number of aryl methyl sites for hydroxylation is 1. The van der Waals surface area contributed by atoms with Gasteiger partial charge in [0.1, 0.15) is 0 Å². The Morgan fingerprint density at radius 1 is 1.25 bits per heavy atom. The fourth-order valence-corrected chi connectivity index (χ4v) is 2.86. The Morgan fingerprint density at radius 3 is 2.25 bits per heavy atom. The van der Waals surface area contributed by atoms with Gasteiger partial charge in [0, 0.05) is 13.1 Å². The lowest BCUT2D eigenvalue weighted by Crippen LogP contribution is -2.33. The van der Waals surface area contributed by atoms with Crippen LogP contribution in [-0.2, 0) is 10.0 Å². The quantitative estimate of drug-likeness (QED) is 0.839. The third kappa shape index (κ3) is 2.81. The molecule has 0 fully saturated rings. The molecule has 0 aliphatic rings. The van der Waals surface area contributed by atoms with Gasteiger partial charge in [0.2, 0.25) is 10.0 Å². The molecule has 0 saturated carbocycles. The first kappa shape index (κ1) is 13.2. The van der Waals surface area contributed by atoms with E-state index in [2.05, 4.69) is 0 Å². The summed E-state index contributed by atoms with van der Waals surface area (Å²) in [4.78, 5) is 0.272. The molecule has 0 heterocycles. The highest BCUT2D eigenvalue weighted by atomic mass is 32.2. The van der Waals surface area contributed by atoms with E-state index in [9.17, 15) is 8.42 Å². The van der Waals surface area contributed by atoms with Crippen LogP contribution >= 0.6 is 0 Å². The molecule has 0 aliphatic heterocycles. The standard InChI is InChI=1S/C11H17NO3S/c1-3-12(8-9-13)16(14,15)11-6-4-10(2)5-7-11/h4-7,13H,3,8-9H2,1-2H3. The molecule has 1 aromatic carbocycles. The molecule has 0 aliphatic carbocycles. The van der Waals surface area contributed by atoms with E-state index in [-0.39, 0.29) is 18.0 Å². The Kier molecular flexibility index (Phi) is 4.46. The average Bonchev–Trinajstić information content (AvgIpc) is 2.26. The normalized spacial score (nSPS) is 12.0.